The van der Waals surface area contributed by atoms with Crippen molar-refractivity contribution in [2.45, 2.75) is 39.4 Å². The Hall–Kier alpha value is -1.92. The van der Waals surface area contributed by atoms with Crippen LogP contribution in [0.5, 0.6) is 0 Å². The second-order valence-electron chi connectivity index (χ2n) is 4.99. The molecule has 0 radical (unpaired) electrons. The monoisotopic (exact) mass is 318 g/mol. The highest BCUT2D eigenvalue weighted by molar-refractivity contribution is 5.65. The Balaban J connectivity index is 3.19. The van der Waals surface area contributed by atoms with Gasteiger partial charge in [-0.05, 0) is 36.6 Å². The SMILES string of the molecule is CCCN(CCC)c1ccc(C(F)(F)F)cc1CNC(=O)O. The van der Waals surface area contributed by atoms with Gasteiger partial charge in [0.05, 0.1) is 5.56 Å². The van der Waals surface area contributed by atoms with Gasteiger partial charge in [0.15, 0.2) is 0 Å². The van der Waals surface area contributed by atoms with Gasteiger partial charge >= 0.3 is 12.3 Å². The second kappa shape index (κ2) is 7.91. The number of benzene rings is 1. The van der Waals surface area contributed by atoms with E-state index in [0.717, 1.165) is 25.0 Å². The van der Waals surface area contributed by atoms with E-state index < -0.39 is 17.8 Å². The quantitative estimate of drug-likeness (QED) is 0.796. The van der Waals surface area contributed by atoms with Gasteiger partial charge in [0.25, 0.3) is 0 Å². The Morgan fingerprint density at radius 2 is 1.82 bits per heavy atom. The van der Waals surface area contributed by atoms with E-state index in [1.165, 1.54) is 6.07 Å². The van der Waals surface area contributed by atoms with Gasteiger partial charge in [0.1, 0.15) is 0 Å². The third kappa shape index (κ3) is 5.13. The molecule has 1 aromatic rings. The number of hydrogen-bond acceptors (Lipinski definition) is 2. The lowest BCUT2D eigenvalue weighted by molar-refractivity contribution is -0.137. The number of alkyl halides is 3. The maximum atomic E-state index is 12.8. The first-order valence-corrected chi connectivity index (χ1v) is 7.21. The van der Waals surface area contributed by atoms with Gasteiger partial charge in [0.2, 0.25) is 0 Å². The van der Waals surface area contributed by atoms with Crippen LogP contribution in [-0.4, -0.2) is 24.3 Å². The molecule has 0 spiro atoms. The molecule has 1 amide bonds. The molecule has 1 aromatic carbocycles. The summed E-state index contributed by atoms with van der Waals surface area (Å²) in [5.74, 6) is 0. The van der Waals surface area contributed by atoms with Gasteiger partial charge in [-0.15, -0.1) is 0 Å². The molecule has 4 nitrogen and oxygen atoms in total. The topological polar surface area (TPSA) is 52.6 Å². The molecule has 2 N–H and O–H groups in total. The summed E-state index contributed by atoms with van der Waals surface area (Å²) in [6.45, 7) is 5.24. The van der Waals surface area contributed by atoms with E-state index in [1.807, 2.05) is 18.7 Å². The van der Waals surface area contributed by atoms with Crippen LogP contribution in [0.25, 0.3) is 0 Å². The van der Waals surface area contributed by atoms with Gasteiger partial charge in [-0.3, -0.25) is 0 Å². The van der Waals surface area contributed by atoms with Crippen LogP contribution >= 0.6 is 0 Å². The van der Waals surface area contributed by atoms with Crippen molar-refractivity contribution in [1.29, 1.82) is 0 Å². The van der Waals surface area contributed by atoms with Crippen LogP contribution in [0, 0.1) is 0 Å². The van der Waals surface area contributed by atoms with Crippen LogP contribution in [-0.2, 0) is 12.7 Å². The van der Waals surface area contributed by atoms with E-state index in [-0.39, 0.29) is 6.54 Å². The molecule has 0 aliphatic carbocycles. The molecule has 0 aliphatic rings. The van der Waals surface area contributed by atoms with Crippen LogP contribution in [0.3, 0.4) is 0 Å². The molecule has 0 fully saturated rings. The van der Waals surface area contributed by atoms with Crippen molar-refractivity contribution in [3.05, 3.63) is 29.3 Å². The lowest BCUT2D eigenvalue weighted by Gasteiger charge is -2.27. The number of amides is 1. The molecule has 0 atom stereocenters. The second-order valence-corrected chi connectivity index (χ2v) is 4.99. The number of nitrogens with zero attached hydrogens (tertiary/aromatic N) is 1. The minimum absolute atomic E-state index is 0.154. The van der Waals surface area contributed by atoms with E-state index >= 15 is 0 Å². The van der Waals surface area contributed by atoms with Crippen molar-refractivity contribution < 1.29 is 23.1 Å². The Morgan fingerprint density at radius 1 is 1.23 bits per heavy atom. The van der Waals surface area contributed by atoms with Crippen LogP contribution in [0.1, 0.15) is 37.8 Å². The highest BCUT2D eigenvalue weighted by Crippen LogP contribution is 2.33. The highest BCUT2D eigenvalue weighted by Gasteiger charge is 2.31. The predicted octanol–water partition coefficient (Wildman–Crippen LogP) is 4.10. The number of rotatable bonds is 7. The zero-order valence-corrected chi connectivity index (χ0v) is 12.7. The Bertz CT molecular complexity index is 498. The number of halogens is 3. The van der Waals surface area contributed by atoms with Crippen molar-refractivity contribution in [3.63, 3.8) is 0 Å². The molecule has 22 heavy (non-hydrogen) atoms. The minimum atomic E-state index is -4.45. The van der Waals surface area contributed by atoms with Crippen LogP contribution in [0.2, 0.25) is 0 Å². The van der Waals surface area contributed by atoms with Crippen molar-refractivity contribution >= 4 is 11.8 Å². The van der Waals surface area contributed by atoms with E-state index in [4.69, 9.17) is 5.11 Å². The summed E-state index contributed by atoms with van der Waals surface area (Å²) in [4.78, 5) is 12.6. The average molecular weight is 318 g/mol. The molecule has 0 unspecified atom stereocenters. The number of anilines is 1. The maximum Gasteiger partial charge on any atom is 0.416 e. The summed E-state index contributed by atoms with van der Waals surface area (Å²) in [7, 11) is 0. The molecule has 0 aromatic heterocycles. The Labute approximate surface area is 127 Å². The third-order valence-corrected chi connectivity index (χ3v) is 3.16. The summed E-state index contributed by atoms with van der Waals surface area (Å²) in [5.41, 5.74) is 0.205. The molecule has 0 aliphatic heterocycles. The van der Waals surface area contributed by atoms with E-state index in [2.05, 4.69) is 5.32 Å². The lowest BCUT2D eigenvalue weighted by Crippen LogP contribution is -2.28. The fraction of sp³-hybridized carbons (Fsp3) is 0.533. The summed E-state index contributed by atoms with van der Waals surface area (Å²) < 4.78 is 38.5. The molecular weight excluding hydrogens is 297 g/mol. The predicted molar refractivity (Wildman–Crippen MR) is 79.1 cm³/mol. The van der Waals surface area contributed by atoms with Crippen molar-refractivity contribution in [2.24, 2.45) is 0 Å². The van der Waals surface area contributed by atoms with Gasteiger partial charge < -0.3 is 15.3 Å². The first-order chi connectivity index (χ1) is 10.3. The van der Waals surface area contributed by atoms with Gasteiger partial charge in [-0.2, -0.15) is 13.2 Å². The normalized spacial score (nSPS) is 11.3. The number of hydrogen-bond donors (Lipinski definition) is 2. The van der Waals surface area contributed by atoms with E-state index in [1.54, 1.807) is 0 Å². The largest absolute Gasteiger partial charge is 0.465 e. The number of nitrogens with one attached hydrogen (secondary N) is 1. The van der Waals surface area contributed by atoms with Crippen molar-refractivity contribution in [1.82, 2.24) is 5.32 Å². The molecule has 0 heterocycles. The summed E-state index contributed by atoms with van der Waals surface area (Å²) in [6, 6.07) is 3.48. The van der Waals surface area contributed by atoms with Crippen LogP contribution in [0.4, 0.5) is 23.7 Å². The molecule has 1 rings (SSSR count). The number of carbonyl (C=O) groups is 1. The van der Waals surface area contributed by atoms with E-state index in [9.17, 15) is 18.0 Å². The van der Waals surface area contributed by atoms with Crippen LogP contribution in [0.15, 0.2) is 18.2 Å². The molecule has 0 bridgehead atoms. The molecule has 124 valence electrons. The molecule has 0 saturated heterocycles. The van der Waals surface area contributed by atoms with Crippen molar-refractivity contribution in [3.8, 4) is 0 Å². The van der Waals surface area contributed by atoms with Crippen LogP contribution < -0.4 is 10.2 Å². The Morgan fingerprint density at radius 3 is 2.27 bits per heavy atom. The standard InChI is InChI=1S/C15H21F3N2O2/c1-3-7-20(8-4-2)13-6-5-12(15(16,17)18)9-11(13)10-19-14(21)22/h5-6,9,19H,3-4,7-8,10H2,1-2H3,(H,21,22). The average Bonchev–Trinajstić information content (AvgIpc) is 2.43. The highest BCUT2D eigenvalue weighted by atomic mass is 19.4. The maximum absolute atomic E-state index is 12.8. The lowest BCUT2D eigenvalue weighted by atomic mass is 10.1. The molecule has 0 saturated carbocycles. The first-order valence-electron chi connectivity index (χ1n) is 7.21. The van der Waals surface area contributed by atoms with Gasteiger partial charge in [0, 0.05) is 25.3 Å². The summed E-state index contributed by atoms with van der Waals surface area (Å²) in [6.07, 6.45) is -4.00. The minimum Gasteiger partial charge on any atom is -0.465 e. The van der Waals surface area contributed by atoms with E-state index in [0.29, 0.717) is 24.3 Å². The fourth-order valence-corrected chi connectivity index (χ4v) is 2.28. The number of carboxylic acid groups (broad SMARTS) is 1. The third-order valence-electron chi connectivity index (χ3n) is 3.16. The summed E-state index contributed by atoms with van der Waals surface area (Å²) >= 11 is 0. The molecule has 7 heteroatoms. The zero-order valence-electron chi connectivity index (χ0n) is 12.7. The van der Waals surface area contributed by atoms with Gasteiger partial charge in [-0.1, -0.05) is 13.8 Å². The zero-order chi connectivity index (χ0) is 16.8. The van der Waals surface area contributed by atoms with Gasteiger partial charge in [-0.25, -0.2) is 4.79 Å². The first kappa shape index (κ1) is 18.1. The summed E-state index contributed by atoms with van der Waals surface area (Å²) in [5, 5.41) is 10.8. The Kier molecular flexibility index (Phi) is 6.52. The van der Waals surface area contributed by atoms with Crippen molar-refractivity contribution in [2.75, 3.05) is 18.0 Å². The fourth-order valence-electron chi connectivity index (χ4n) is 2.28. The smallest absolute Gasteiger partial charge is 0.416 e. The molecular formula is C15H21F3N2O2.